The normalized spacial score (nSPS) is 22.0. The minimum absolute atomic E-state index is 0. The number of phenolic OH excluding ortho intramolecular Hbond substituents is 1. The van der Waals surface area contributed by atoms with Crippen LogP contribution in [-0.4, -0.2) is 36.2 Å². The number of nitrogens with zero attached hydrogens (tertiary/aromatic N) is 1. The molecule has 1 aromatic rings. The summed E-state index contributed by atoms with van der Waals surface area (Å²) in [5.74, 6) is -0.134. The second-order valence-electron chi connectivity index (χ2n) is 6.34. The van der Waals surface area contributed by atoms with E-state index in [4.69, 9.17) is 0 Å². The van der Waals surface area contributed by atoms with Gasteiger partial charge in [-0.25, -0.2) is 4.39 Å². The van der Waals surface area contributed by atoms with E-state index in [9.17, 15) is 9.50 Å². The molecule has 124 valence electrons. The van der Waals surface area contributed by atoms with E-state index in [1.807, 2.05) is 6.07 Å². The van der Waals surface area contributed by atoms with Crippen molar-refractivity contribution in [2.45, 2.75) is 38.1 Å². The highest BCUT2D eigenvalue weighted by Crippen LogP contribution is 2.39. The first-order chi connectivity index (χ1) is 10.3. The molecule has 1 saturated heterocycles. The standard InChI is InChI=1S/C17H25FN2O.ClH/c18-15-12-14(6-7-16(15)21)17(13-4-2-1-3-5-13)20-10-8-19-9-11-20;/h6-7,12-13,17,19,21H,1-5,8-11H2;1H/t17-;/m1./s1. The molecule has 3 nitrogen and oxygen atoms in total. The van der Waals surface area contributed by atoms with Crippen molar-refractivity contribution in [1.82, 2.24) is 10.2 Å². The maximum absolute atomic E-state index is 13.8. The lowest BCUT2D eigenvalue weighted by Gasteiger charge is -2.41. The van der Waals surface area contributed by atoms with Crippen LogP contribution in [0.2, 0.25) is 0 Å². The number of hydrogen-bond acceptors (Lipinski definition) is 3. The number of benzene rings is 1. The van der Waals surface area contributed by atoms with Gasteiger partial charge in [-0.2, -0.15) is 0 Å². The quantitative estimate of drug-likeness (QED) is 0.891. The zero-order valence-electron chi connectivity index (χ0n) is 12.9. The van der Waals surface area contributed by atoms with Gasteiger partial charge in [0.2, 0.25) is 0 Å². The van der Waals surface area contributed by atoms with Crippen molar-refractivity contribution >= 4 is 12.4 Å². The molecule has 1 heterocycles. The summed E-state index contributed by atoms with van der Waals surface area (Å²) in [6, 6.07) is 5.24. The second kappa shape index (κ2) is 8.14. The molecule has 2 aliphatic rings. The number of halogens is 2. The van der Waals surface area contributed by atoms with Gasteiger partial charge in [0.15, 0.2) is 11.6 Å². The van der Waals surface area contributed by atoms with Crippen LogP contribution in [0.5, 0.6) is 5.75 Å². The lowest BCUT2D eigenvalue weighted by Crippen LogP contribution is -2.47. The van der Waals surface area contributed by atoms with E-state index in [0.717, 1.165) is 31.7 Å². The summed E-state index contributed by atoms with van der Waals surface area (Å²) in [7, 11) is 0. The molecule has 3 rings (SSSR count). The molecule has 1 aliphatic carbocycles. The smallest absolute Gasteiger partial charge is 0.165 e. The number of hydrogen-bond donors (Lipinski definition) is 2. The highest BCUT2D eigenvalue weighted by Gasteiger charge is 2.31. The van der Waals surface area contributed by atoms with Crippen molar-refractivity contribution in [3.63, 3.8) is 0 Å². The average molecular weight is 329 g/mol. The molecule has 0 amide bonds. The monoisotopic (exact) mass is 328 g/mol. The summed E-state index contributed by atoms with van der Waals surface area (Å²) in [4.78, 5) is 2.50. The van der Waals surface area contributed by atoms with Crippen molar-refractivity contribution in [2.75, 3.05) is 26.2 Å². The lowest BCUT2D eigenvalue weighted by atomic mass is 9.80. The number of rotatable bonds is 3. The summed E-state index contributed by atoms with van der Waals surface area (Å²) in [6.45, 7) is 4.04. The van der Waals surface area contributed by atoms with Gasteiger partial charge >= 0.3 is 0 Å². The van der Waals surface area contributed by atoms with Crippen LogP contribution in [0.15, 0.2) is 18.2 Å². The summed E-state index contributed by atoms with van der Waals surface area (Å²) in [5.41, 5.74) is 1.03. The van der Waals surface area contributed by atoms with Gasteiger partial charge in [-0.1, -0.05) is 25.3 Å². The number of nitrogens with one attached hydrogen (secondary N) is 1. The zero-order valence-corrected chi connectivity index (χ0v) is 13.7. The minimum atomic E-state index is -0.497. The Labute approximate surface area is 138 Å². The number of aromatic hydroxyl groups is 1. The molecule has 0 bridgehead atoms. The average Bonchev–Trinajstić information content (AvgIpc) is 2.53. The van der Waals surface area contributed by atoms with E-state index < -0.39 is 5.82 Å². The van der Waals surface area contributed by atoms with Gasteiger partial charge in [0.05, 0.1) is 0 Å². The van der Waals surface area contributed by atoms with Crippen LogP contribution in [0.25, 0.3) is 0 Å². The van der Waals surface area contributed by atoms with Gasteiger partial charge < -0.3 is 10.4 Å². The maximum atomic E-state index is 13.8. The summed E-state index contributed by atoms with van der Waals surface area (Å²) >= 11 is 0. The van der Waals surface area contributed by atoms with E-state index in [1.54, 1.807) is 0 Å². The van der Waals surface area contributed by atoms with Gasteiger partial charge in [-0.05, 0) is 36.5 Å². The van der Waals surface area contributed by atoms with Gasteiger partial charge in [0.25, 0.3) is 0 Å². The molecular weight excluding hydrogens is 303 g/mol. The van der Waals surface area contributed by atoms with Crippen molar-refractivity contribution in [2.24, 2.45) is 5.92 Å². The van der Waals surface area contributed by atoms with Crippen LogP contribution < -0.4 is 5.32 Å². The highest BCUT2D eigenvalue weighted by molar-refractivity contribution is 5.85. The van der Waals surface area contributed by atoms with Gasteiger partial charge in [0, 0.05) is 32.2 Å². The zero-order chi connectivity index (χ0) is 14.7. The van der Waals surface area contributed by atoms with E-state index in [0.29, 0.717) is 12.0 Å². The second-order valence-corrected chi connectivity index (χ2v) is 6.34. The van der Waals surface area contributed by atoms with Crippen LogP contribution in [0.4, 0.5) is 4.39 Å². The number of phenols is 1. The first kappa shape index (κ1) is 17.5. The number of piperazine rings is 1. The third-order valence-electron chi connectivity index (χ3n) is 4.95. The first-order valence-electron chi connectivity index (χ1n) is 8.19. The molecule has 0 radical (unpaired) electrons. The van der Waals surface area contributed by atoms with Gasteiger partial charge in [0.1, 0.15) is 0 Å². The molecule has 0 aromatic heterocycles. The predicted octanol–water partition coefficient (Wildman–Crippen LogP) is 3.48. The molecule has 2 N–H and O–H groups in total. The molecule has 1 aromatic carbocycles. The van der Waals surface area contributed by atoms with E-state index in [2.05, 4.69) is 10.2 Å². The van der Waals surface area contributed by atoms with Crippen molar-refractivity contribution < 1.29 is 9.50 Å². The Morgan fingerprint density at radius 3 is 2.45 bits per heavy atom. The predicted molar refractivity (Wildman–Crippen MR) is 89.1 cm³/mol. The Morgan fingerprint density at radius 1 is 1.14 bits per heavy atom. The molecule has 5 heteroatoms. The van der Waals surface area contributed by atoms with Crippen LogP contribution in [0, 0.1) is 11.7 Å². The molecule has 0 unspecified atom stereocenters. The molecule has 2 fully saturated rings. The fourth-order valence-corrected chi connectivity index (χ4v) is 3.90. The topological polar surface area (TPSA) is 35.5 Å². The van der Waals surface area contributed by atoms with Crippen molar-refractivity contribution in [1.29, 1.82) is 0 Å². The van der Waals surface area contributed by atoms with Crippen LogP contribution in [-0.2, 0) is 0 Å². The molecule has 1 aliphatic heterocycles. The Bertz CT molecular complexity index is 456. The summed E-state index contributed by atoms with van der Waals surface area (Å²) in [5, 5.41) is 12.8. The van der Waals surface area contributed by atoms with E-state index >= 15 is 0 Å². The summed E-state index contributed by atoms with van der Waals surface area (Å²) in [6.07, 6.45) is 6.37. The maximum Gasteiger partial charge on any atom is 0.165 e. The van der Waals surface area contributed by atoms with Crippen molar-refractivity contribution in [3.8, 4) is 5.75 Å². The third-order valence-corrected chi connectivity index (χ3v) is 4.95. The Morgan fingerprint density at radius 2 is 1.82 bits per heavy atom. The fourth-order valence-electron chi connectivity index (χ4n) is 3.90. The Kier molecular flexibility index (Phi) is 6.48. The molecular formula is C17H26ClFN2O. The fraction of sp³-hybridized carbons (Fsp3) is 0.647. The minimum Gasteiger partial charge on any atom is -0.505 e. The molecule has 1 atom stereocenters. The summed E-state index contributed by atoms with van der Waals surface area (Å²) < 4.78 is 13.8. The van der Waals surface area contributed by atoms with Crippen LogP contribution in [0.1, 0.15) is 43.7 Å². The SMILES string of the molecule is Cl.Oc1ccc([C@@H](C2CCCCC2)N2CCNCC2)cc1F. The van der Waals surface area contributed by atoms with Gasteiger partial charge in [-0.15, -0.1) is 12.4 Å². The van der Waals surface area contributed by atoms with Crippen LogP contribution >= 0.6 is 12.4 Å². The third kappa shape index (κ3) is 3.92. The van der Waals surface area contributed by atoms with E-state index in [1.165, 1.54) is 44.2 Å². The molecule has 0 spiro atoms. The van der Waals surface area contributed by atoms with Gasteiger partial charge in [-0.3, -0.25) is 4.90 Å². The molecule has 1 saturated carbocycles. The van der Waals surface area contributed by atoms with Crippen molar-refractivity contribution in [3.05, 3.63) is 29.6 Å². The van der Waals surface area contributed by atoms with E-state index in [-0.39, 0.29) is 18.2 Å². The first-order valence-corrected chi connectivity index (χ1v) is 8.19. The van der Waals surface area contributed by atoms with Crippen LogP contribution in [0.3, 0.4) is 0 Å². The molecule has 22 heavy (non-hydrogen) atoms. The largest absolute Gasteiger partial charge is 0.505 e. The Balaban J connectivity index is 0.00000176. The lowest BCUT2D eigenvalue weighted by molar-refractivity contribution is 0.103. The Hall–Kier alpha value is -0.840. The highest BCUT2D eigenvalue weighted by atomic mass is 35.5.